The molecule has 3 aliphatic rings. The number of ketones is 2. The number of nitro groups is 1. The summed E-state index contributed by atoms with van der Waals surface area (Å²) in [7, 11) is 1.51. The van der Waals surface area contributed by atoms with Crippen LogP contribution in [0, 0.1) is 16.0 Å². The highest BCUT2D eigenvalue weighted by Gasteiger charge is 2.70. The van der Waals surface area contributed by atoms with Gasteiger partial charge in [0.05, 0.1) is 24.0 Å². The van der Waals surface area contributed by atoms with Crippen LogP contribution in [0.15, 0.2) is 103 Å². The number of nitrogens with zero attached hydrogens (tertiary/aromatic N) is 2. The number of nitrogens with one attached hydrogen (secondary N) is 1. The molecule has 0 aliphatic carbocycles. The number of carbonyl (C=O) groups is 3. The highest BCUT2D eigenvalue weighted by atomic mass is 16.6. The molecule has 4 atom stereocenters. The number of non-ortho nitro benzene ring substituents is 1. The number of hydrogen-bond acceptors (Lipinski definition) is 7. The van der Waals surface area contributed by atoms with E-state index in [0.717, 1.165) is 11.1 Å². The van der Waals surface area contributed by atoms with Gasteiger partial charge in [-0.05, 0) is 53.1 Å². The van der Waals surface area contributed by atoms with E-state index < -0.39 is 34.1 Å². The second-order valence-corrected chi connectivity index (χ2v) is 10.9. The average Bonchev–Trinajstić information content (AvgIpc) is 3.52. The Hall–Kier alpha value is -5.57. The Morgan fingerprint density at radius 2 is 1.65 bits per heavy atom. The molecular formula is C34H25N3O6. The Morgan fingerprint density at radius 3 is 2.42 bits per heavy atom. The SMILES string of the molecule is COc1cccc(C(=O)[C@@H]2[C@H](C(=O)c3ccc([N+](=O)[O-])cc3)[C@@]3(C(=O)Nc4ccccc43)[C@@H]3c4ccccc4C=CN23)c1. The minimum absolute atomic E-state index is 0.167. The van der Waals surface area contributed by atoms with Gasteiger partial charge in [0, 0.05) is 35.1 Å². The van der Waals surface area contributed by atoms with Crippen molar-refractivity contribution < 1.29 is 24.0 Å². The molecule has 7 rings (SSSR count). The standard InChI is InChI=1S/C34H25N3O6/c1-43-24-9-6-8-22(19-24)31(39)29-28(30(38)21-13-15-23(16-14-21)37(41)42)34(26-11-4-5-12-27(26)35-33(34)40)32-25-10-3-2-7-20(25)17-18-36(29)32/h2-19,28-29,32H,1H3,(H,35,40)/t28-,29+,32+,34-/m1/s1. The number of fused-ring (bicyclic) bond motifs is 6. The van der Waals surface area contributed by atoms with Gasteiger partial charge in [-0.2, -0.15) is 0 Å². The fourth-order valence-corrected chi connectivity index (χ4v) is 7.04. The second-order valence-electron chi connectivity index (χ2n) is 10.9. The van der Waals surface area contributed by atoms with Crippen LogP contribution >= 0.6 is 0 Å². The summed E-state index contributed by atoms with van der Waals surface area (Å²) in [5, 5.41) is 14.4. The van der Waals surface area contributed by atoms with Crippen LogP contribution in [0.1, 0.15) is 43.4 Å². The van der Waals surface area contributed by atoms with Gasteiger partial charge in [0.15, 0.2) is 11.6 Å². The van der Waals surface area contributed by atoms with Crippen molar-refractivity contribution in [3.8, 4) is 5.75 Å². The summed E-state index contributed by atoms with van der Waals surface area (Å²) in [4.78, 5) is 56.6. The molecule has 4 aromatic rings. The first-order chi connectivity index (χ1) is 20.9. The van der Waals surface area contributed by atoms with Crippen LogP contribution in [0.25, 0.3) is 6.08 Å². The van der Waals surface area contributed by atoms with Gasteiger partial charge in [0.1, 0.15) is 17.2 Å². The number of nitro benzene ring substituents is 1. The minimum Gasteiger partial charge on any atom is -0.497 e. The van der Waals surface area contributed by atoms with Crippen LogP contribution in [-0.2, 0) is 10.2 Å². The first kappa shape index (κ1) is 26.3. The van der Waals surface area contributed by atoms with Gasteiger partial charge in [-0.3, -0.25) is 24.5 Å². The third kappa shape index (κ3) is 3.74. The Morgan fingerprint density at radius 1 is 0.907 bits per heavy atom. The van der Waals surface area contributed by atoms with Crippen molar-refractivity contribution in [2.24, 2.45) is 5.92 Å². The summed E-state index contributed by atoms with van der Waals surface area (Å²) in [6, 6.07) is 25.2. The van der Waals surface area contributed by atoms with Crippen molar-refractivity contribution in [2.45, 2.75) is 17.5 Å². The molecular weight excluding hydrogens is 546 g/mol. The molecule has 212 valence electrons. The lowest BCUT2D eigenvalue weighted by Gasteiger charge is -2.38. The molecule has 4 aromatic carbocycles. The zero-order valence-electron chi connectivity index (χ0n) is 23.0. The number of benzene rings is 4. The largest absolute Gasteiger partial charge is 0.497 e. The van der Waals surface area contributed by atoms with Crippen molar-refractivity contribution in [3.63, 3.8) is 0 Å². The molecule has 1 spiro atoms. The average molecular weight is 572 g/mol. The quantitative estimate of drug-likeness (QED) is 0.182. The van der Waals surface area contributed by atoms with Gasteiger partial charge in [-0.25, -0.2) is 0 Å². The fourth-order valence-electron chi connectivity index (χ4n) is 7.04. The van der Waals surface area contributed by atoms with E-state index in [4.69, 9.17) is 4.74 Å². The van der Waals surface area contributed by atoms with Crippen LogP contribution in [0.3, 0.4) is 0 Å². The molecule has 9 nitrogen and oxygen atoms in total. The van der Waals surface area contributed by atoms with Crippen LogP contribution < -0.4 is 10.1 Å². The summed E-state index contributed by atoms with van der Waals surface area (Å²) < 4.78 is 5.39. The van der Waals surface area contributed by atoms with Gasteiger partial charge in [-0.15, -0.1) is 0 Å². The minimum atomic E-state index is -1.49. The monoisotopic (exact) mass is 571 g/mol. The molecule has 0 aromatic heterocycles. The Kier molecular flexibility index (Phi) is 5.98. The van der Waals surface area contributed by atoms with Crippen molar-refractivity contribution in [1.82, 2.24) is 4.90 Å². The predicted octanol–water partition coefficient (Wildman–Crippen LogP) is 5.59. The van der Waals surface area contributed by atoms with E-state index in [9.17, 15) is 24.5 Å². The molecule has 0 radical (unpaired) electrons. The first-order valence-corrected chi connectivity index (χ1v) is 13.8. The number of anilines is 1. The maximum Gasteiger partial charge on any atom is 0.269 e. The van der Waals surface area contributed by atoms with Crippen molar-refractivity contribution in [2.75, 3.05) is 12.4 Å². The van der Waals surface area contributed by atoms with E-state index in [1.807, 2.05) is 53.4 Å². The maximum absolute atomic E-state index is 14.8. The number of methoxy groups -OCH3 is 1. The van der Waals surface area contributed by atoms with Gasteiger partial charge in [0.25, 0.3) is 5.69 Å². The topological polar surface area (TPSA) is 119 Å². The molecule has 3 aliphatic heterocycles. The number of hydrogen-bond donors (Lipinski definition) is 1. The van der Waals surface area contributed by atoms with Crippen molar-refractivity contribution in [3.05, 3.63) is 141 Å². The fraction of sp³-hybridized carbons (Fsp3) is 0.147. The Labute approximate surface area is 246 Å². The number of Topliss-reactive ketones (excluding diaryl/α,β-unsaturated/α-hetero) is 2. The lowest BCUT2D eigenvalue weighted by atomic mass is 9.62. The van der Waals surface area contributed by atoms with Crippen molar-refractivity contribution in [1.29, 1.82) is 0 Å². The number of ether oxygens (including phenoxy) is 1. The zero-order valence-corrected chi connectivity index (χ0v) is 23.0. The van der Waals surface area contributed by atoms with Crippen LogP contribution in [-0.4, -0.2) is 40.4 Å². The van der Waals surface area contributed by atoms with E-state index in [-0.39, 0.29) is 22.9 Å². The smallest absolute Gasteiger partial charge is 0.269 e. The normalized spacial score (nSPS) is 22.9. The van der Waals surface area contributed by atoms with Crippen LogP contribution in [0.4, 0.5) is 11.4 Å². The predicted molar refractivity (Wildman–Crippen MR) is 159 cm³/mol. The summed E-state index contributed by atoms with van der Waals surface area (Å²) in [5.74, 6) is -1.88. The summed E-state index contributed by atoms with van der Waals surface area (Å²) in [5.41, 5.74) is 1.76. The van der Waals surface area contributed by atoms with Crippen LogP contribution in [0.5, 0.6) is 5.75 Å². The third-order valence-electron chi connectivity index (χ3n) is 8.84. The highest BCUT2D eigenvalue weighted by Crippen LogP contribution is 2.62. The van der Waals surface area contributed by atoms with E-state index in [1.54, 1.807) is 36.5 Å². The first-order valence-electron chi connectivity index (χ1n) is 13.8. The molecule has 0 unspecified atom stereocenters. The number of para-hydroxylation sites is 1. The molecule has 9 heteroatoms. The Bertz CT molecular complexity index is 1870. The lowest BCUT2D eigenvalue weighted by molar-refractivity contribution is -0.384. The number of amides is 1. The number of rotatable bonds is 6. The molecule has 1 amide bonds. The van der Waals surface area contributed by atoms with Gasteiger partial charge < -0.3 is 15.0 Å². The molecule has 1 fully saturated rings. The van der Waals surface area contributed by atoms with Crippen LogP contribution in [0.2, 0.25) is 0 Å². The van der Waals surface area contributed by atoms with E-state index in [0.29, 0.717) is 22.6 Å². The lowest BCUT2D eigenvalue weighted by Crippen LogP contribution is -2.49. The number of carbonyl (C=O) groups excluding carboxylic acids is 3. The molecule has 43 heavy (non-hydrogen) atoms. The molecule has 0 bridgehead atoms. The maximum atomic E-state index is 14.8. The van der Waals surface area contributed by atoms with E-state index in [1.165, 1.54) is 31.4 Å². The van der Waals surface area contributed by atoms with Gasteiger partial charge in [0.2, 0.25) is 5.91 Å². The Balaban J connectivity index is 1.51. The summed E-state index contributed by atoms with van der Waals surface area (Å²) >= 11 is 0. The second kappa shape index (κ2) is 9.77. The summed E-state index contributed by atoms with van der Waals surface area (Å²) in [6.07, 6.45) is 3.69. The third-order valence-corrected chi connectivity index (χ3v) is 8.84. The van der Waals surface area contributed by atoms with Gasteiger partial charge in [-0.1, -0.05) is 54.6 Å². The van der Waals surface area contributed by atoms with Gasteiger partial charge >= 0.3 is 0 Å². The molecule has 3 heterocycles. The summed E-state index contributed by atoms with van der Waals surface area (Å²) in [6.45, 7) is 0. The molecule has 0 saturated carbocycles. The highest BCUT2D eigenvalue weighted by molar-refractivity contribution is 6.16. The molecule has 1 N–H and O–H groups in total. The zero-order chi connectivity index (χ0) is 29.9. The van der Waals surface area contributed by atoms with Crippen molar-refractivity contribution >= 4 is 34.9 Å². The van der Waals surface area contributed by atoms with E-state index >= 15 is 0 Å². The van der Waals surface area contributed by atoms with E-state index in [2.05, 4.69) is 5.32 Å². The molecule has 1 saturated heterocycles.